The topological polar surface area (TPSA) is 50.8 Å². The summed E-state index contributed by atoms with van der Waals surface area (Å²) in [6, 6.07) is 0.253. The van der Waals surface area contributed by atoms with E-state index >= 15 is 0 Å². The first-order chi connectivity index (χ1) is 9.85. The molecule has 0 bridgehead atoms. The van der Waals surface area contributed by atoms with Gasteiger partial charge in [0.1, 0.15) is 5.54 Å². The first kappa shape index (κ1) is 20.3. The van der Waals surface area contributed by atoms with Gasteiger partial charge in [0.2, 0.25) is 0 Å². The summed E-state index contributed by atoms with van der Waals surface area (Å²) in [4.78, 5) is 14.2. The van der Waals surface area contributed by atoms with E-state index in [2.05, 4.69) is 17.3 Å². The van der Waals surface area contributed by atoms with Gasteiger partial charge in [-0.25, -0.2) is 0 Å². The number of likely N-dealkylation sites (N-methyl/N-ethyl adjacent to an activating group) is 1. The molecule has 0 heterocycles. The van der Waals surface area contributed by atoms with Crippen molar-refractivity contribution in [2.45, 2.75) is 58.5 Å². The number of esters is 1. The maximum Gasteiger partial charge on any atom is 0.325 e. The molecule has 0 aromatic rings. The van der Waals surface area contributed by atoms with Crippen LogP contribution in [0.5, 0.6) is 0 Å². The zero-order chi connectivity index (χ0) is 16.3. The quantitative estimate of drug-likeness (QED) is 0.442. The maximum atomic E-state index is 12.0. The maximum absolute atomic E-state index is 12.0. The Morgan fingerprint density at radius 2 is 1.95 bits per heavy atom. The summed E-state index contributed by atoms with van der Waals surface area (Å²) in [6.07, 6.45) is 2.84. The number of unbranched alkanes of at least 4 members (excludes halogenated alkanes) is 1. The van der Waals surface area contributed by atoms with Crippen LogP contribution in [0.15, 0.2) is 0 Å². The van der Waals surface area contributed by atoms with Crippen molar-refractivity contribution in [1.29, 1.82) is 0 Å². The second kappa shape index (κ2) is 11.0. The summed E-state index contributed by atoms with van der Waals surface area (Å²) >= 11 is 0. The molecule has 0 aromatic heterocycles. The van der Waals surface area contributed by atoms with Crippen LogP contribution >= 0.6 is 0 Å². The standard InChI is InChI=1S/C16H34N2O3/c1-7-21-13-12-18(5)11-9-8-10-16(4,15(19)20-6)17-14(2)3/h14,17H,7-13H2,1-6H3. The fourth-order valence-corrected chi connectivity index (χ4v) is 2.43. The van der Waals surface area contributed by atoms with Crippen molar-refractivity contribution < 1.29 is 14.3 Å². The Morgan fingerprint density at radius 3 is 2.48 bits per heavy atom. The molecule has 0 aliphatic rings. The van der Waals surface area contributed by atoms with Gasteiger partial charge in [-0.1, -0.05) is 0 Å². The number of ether oxygens (including phenoxy) is 2. The van der Waals surface area contributed by atoms with E-state index in [0.717, 1.165) is 45.6 Å². The minimum Gasteiger partial charge on any atom is -0.468 e. The first-order valence-electron chi connectivity index (χ1n) is 7.98. The Balaban J connectivity index is 4.06. The molecule has 5 nitrogen and oxygen atoms in total. The molecule has 0 aliphatic heterocycles. The van der Waals surface area contributed by atoms with E-state index in [9.17, 15) is 4.79 Å². The fraction of sp³-hybridized carbons (Fsp3) is 0.938. The van der Waals surface area contributed by atoms with Crippen LogP contribution in [0, 0.1) is 0 Å². The molecule has 5 heteroatoms. The summed E-state index contributed by atoms with van der Waals surface area (Å²) < 4.78 is 10.3. The molecule has 1 unspecified atom stereocenters. The van der Waals surface area contributed by atoms with Crippen LogP contribution in [-0.2, 0) is 14.3 Å². The minimum absolute atomic E-state index is 0.180. The molecule has 0 radical (unpaired) electrons. The Hall–Kier alpha value is -0.650. The van der Waals surface area contributed by atoms with E-state index in [1.54, 1.807) is 0 Å². The SMILES string of the molecule is CCOCCN(C)CCCCC(C)(NC(C)C)C(=O)OC. The molecule has 0 rings (SSSR count). The normalized spacial score (nSPS) is 14.5. The zero-order valence-corrected chi connectivity index (χ0v) is 14.7. The van der Waals surface area contributed by atoms with Crippen LogP contribution in [0.3, 0.4) is 0 Å². The highest BCUT2D eigenvalue weighted by Gasteiger charge is 2.33. The van der Waals surface area contributed by atoms with Gasteiger partial charge >= 0.3 is 5.97 Å². The lowest BCUT2D eigenvalue weighted by molar-refractivity contribution is -0.148. The number of hydrogen-bond acceptors (Lipinski definition) is 5. The van der Waals surface area contributed by atoms with Crippen molar-refractivity contribution in [2.24, 2.45) is 0 Å². The lowest BCUT2D eigenvalue weighted by Gasteiger charge is -2.30. The molecule has 126 valence electrons. The Morgan fingerprint density at radius 1 is 1.29 bits per heavy atom. The van der Waals surface area contributed by atoms with E-state index in [0.29, 0.717) is 0 Å². The van der Waals surface area contributed by atoms with Crippen molar-refractivity contribution in [2.75, 3.05) is 40.5 Å². The van der Waals surface area contributed by atoms with Gasteiger partial charge in [0, 0.05) is 19.2 Å². The summed E-state index contributed by atoms with van der Waals surface area (Å²) in [7, 11) is 3.55. The van der Waals surface area contributed by atoms with Crippen molar-refractivity contribution >= 4 is 5.97 Å². The van der Waals surface area contributed by atoms with Crippen molar-refractivity contribution in [3.8, 4) is 0 Å². The van der Waals surface area contributed by atoms with Crippen LogP contribution in [0.2, 0.25) is 0 Å². The van der Waals surface area contributed by atoms with Crippen LogP contribution in [0.4, 0.5) is 0 Å². The number of carbonyl (C=O) groups excluding carboxylic acids is 1. The molecule has 0 saturated heterocycles. The van der Waals surface area contributed by atoms with Gasteiger partial charge in [-0.15, -0.1) is 0 Å². The molecule has 21 heavy (non-hydrogen) atoms. The molecule has 0 saturated carbocycles. The van der Waals surface area contributed by atoms with E-state index in [4.69, 9.17) is 9.47 Å². The Kier molecular flexibility index (Phi) is 10.6. The van der Waals surface area contributed by atoms with Gasteiger partial charge in [-0.3, -0.25) is 10.1 Å². The number of nitrogens with zero attached hydrogens (tertiary/aromatic N) is 1. The smallest absolute Gasteiger partial charge is 0.325 e. The third kappa shape index (κ3) is 9.06. The number of carbonyl (C=O) groups is 1. The van der Waals surface area contributed by atoms with Crippen LogP contribution in [0.1, 0.15) is 47.0 Å². The third-order valence-corrected chi connectivity index (χ3v) is 3.53. The summed E-state index contributed by atoms with van der Waals surface area (Å²) in [5.41, 5.74) is -0.590. The van der Waals surface area contributed by atoms with Gasteiger partial charge in [-0.2, -0.15) is 0 Å². The Bertz CT molecular complexity index is 285. The van der Waals surface area contributed by atoms with Crippen molar-refractivity contribution in [3.63, 3.8) is 0 Å². The Labute approximate surface area is 130 Å². The first-order valence-corrected chi connectivity index (χ1v) is 7.98. The summed E-state index contributed by atoms with van der Waals surface area (Å²) in [6.45, 7) is 11.5. The van der Waals surface area contributed by atoms with Gasteiger partial charge in [-0.05, 0) is 60.5 Å². The van der Waals surface area contributed by atoms with E-state index in [1.165, 1.54) is 7.11 Å². The predicted molar refractivity (Wildman–Crippen MR) is 86.5 cm³/mol. The van der Waals surface area contributed by atoms with Crippen LogP contribution in [0.25, 0.3) is 0 Å². The average Bonchev–Trinajstić information content (AvgIpc) is 2.42. The lowest BCUT2D eigenvalue weighted by atomic mass is 9.93. The van der Waals surface area contributed by atoms with Crippen LogP contribution < -0.4 is 5.32 Å². The van der Waals surface area contributed by atoms with Gasteiger partial charge in [0.05, 0.1) is 13.7 Å². The van der Waals surface area contributed by atoms with Gasteiger partial charge < -0.3 is 14.4 Å². The van der Waals surface area contributed by atoms with Crippen molar-refractivity contribution in [3.05, 3.63) is 0 Å². The summed E-state index contributed by atoms with van der Waals surface area (Å²) in [5.74, 6) is -0.180. The highest BCUT2D eigenvalue weighted by atomic mass is 16.5. The molecule has 0 fully saturated rings. The molecule has 0 amide bonds. The van der Waals surface area contributed by atoms with E-state index < -0.39 is 5.54 Å². The third-order valence-electron chi connectivity index (χ3n) is 3.53. The highest BCUT2D eigenvalue weighted by Crippen LogP contribution is 2.17. The van der Waals surface area contributed by atoms with Gasteiger partial charge in [0.25, 0.3) is 0 Å². The number of methoxy groups -OCH3 is 1. The molecule has 0 aliphatic carbocycles. The second-order valence-corrected chi connectivity index (χ2v) is 6.08. The fourth-order valence-electron chi connectivity index (χ4n) is 2.43. The molecule has 0 spiro atoms. The number of rotatable bonds is 12. The molecular weight excluding hydrogens is 268 g/mol. The number of hydrogen-bond donors (Lipinski definition) is 1. The number of nitrogens with one attached hydrogen (secondary N) is 1. The molecular formula is C16H34N2O3. The largest absolute Gasteiger partial charge is 0.468 e. The second-order valence-electron chi connectivity index (χ2n) is 6.08. The lowest BCUT2D eigenvalue weighted by Crippen LogP contribution is -2.53. The molecule has 1 atom stereocenters. The summed E-state index contributed by atoms with van der Waals surface area (Å²) in [5, 5.41) is 3.33. The monoisotopic (exact) mass is 302 g/mol. The van der Waals surface area contributed by atoms with Crippen LogP contribution in [-0.4, -0.2) is 62.9 Å². The van der Waals surface area contributed by atoms with E-state index in [-0.39, 0.29) is 12.0 Å². The average molecular weight is 302 g/mol. The minimum atomic E-state index is -0.590. The predicted octanol–water partition coefficient (Wildman–Crippen LogP) is 2.05. The molecule has 0 aromatic carbocycles. The highest BCUT2D eigenvalue weighted by molar-refractivity contribution is 5.80. The van der Waals surface area contributed by atoms with E-state index in [1.807, 2.05) is 27.7 Å². The molecule has 1 N–H and O–H groups in total. The van der Waals surface area contributed by atoms with Gasteiger partial charge in [0.15, 0.2) is 0 Å². The van der Waals surface area contributed by atoms with Crippen molar-refractivity contribution in [1.82, 2.24) is 10.2 Å². The zero-order valence-electron chi connectivity index (χ0n) is 14.7.